The molecule has 3 heteroatoms. The normalized spacial score (nSPS) is 25.1. The summed E-state index contributed by atoms with van der Waals surface area (Å²) in [4.78, 5) is 1.01. The number of aryl methyl sites for hydroxylation is 2. The van der Waals surface area contributed by atoms with E-state index >= 15 is 0 Å². The van der Waals surface area contributed by atoms with Crippen LogP contribution in [0.3, 0.4) is 0 Å². The first-order valence-electron chi connectivity index (χ1n) is 8.34. The molecule has 1 fully saturated rings. The highest BCUT2D eigenvalue weighted by atomic mass is 32.2. The van der Waals surface area contributed by atoms with E-state index in [1.165, 1.54) is 36.8 Å². The van der Waals surface area contributed by atoms with Crippen molar-refractivity contribution in [2.75, 3.05) is 6.54 Å². The van der Waals surface area contributed by atoms with Gasteiger partial charge < -0.3 is 5.32 Å². The first-order valence-corrected chi connectivity index (χ1v) is 9.56. The van der Waals surface area contributed by atoms with Crippen molar-refractivity contribution in [3.8, 4) is 0 Å². The van der Waals surface area contributed by atoms with E-state index in [9.17, 15) is 4.21 Å². The zero-order valence-electron chi connectivity index (χ0n) is 13.7. The number of nitrogens with one attached hydrogen (secondary N) is 1. The topological polar surface area (TPSA) is 29.1 Å². The first kappa shape index (κ1) is 16.7. The molecule has 0 heterocycles. The average molecular weight is 308 g/mol. The Kier molecular flexibility index (Phi) is 6.43. The van der Waals surface area contributed by atoms with Gasteiger partial charge in [-0.15, -0.1) is 0 Å². The van der Waals surface area contributed by atoms with Crippen LogP contribution in [0.1, 0.15) is 56.6 Å². The minimum Gasteiger partial charge on any atom is -0.313 e. The molecule has 0 amide bonds. The van der Waals surface area contributed by atoms with Gasteiger partial charge in [-0.25, -0.2) is 0 Å². The Hall–Kier alpha value is -0.670. The van der Waals surface area contributed by atoms with Crippen LogP contribution in [0, 0.1) is 13.8 Å². The Morgan fingerprint density at radius 2 is 1.81 bits per heavy atom. The second-order valence-electron chi connectivity index (χ2n) is 6.24. The van der Waals surface area contributed by atoms with Crippen molar-refractivity contribution in [3.05, 3.63) is 29.3 Å². The standard InChI is InChI=1S/C18H29NOS/c1-4-19-17-9-7-5-6-8-10-18(17)21(20)16-12-11-14(2)15(3)13-16/h11-13,17-19H,4-10H2,1-3H3. The van der Waals surface area contributed by atoms with Gasteiger partial charge in [0.05, 0.1) is 16.0 Å². The molecule has 0 saturated heterocycles. The van der Waals surface area contributed by atoms with Crippen molar-refractivity contribution < 1.29 is 4.21 Å². The summed E-state index contributed by atoms with van der Waals surface area (Å²) < 4.78 is 13.1. The molecule has 3 atom stereocenters. The van der Waals surface area contributed by atoms with Gasteiger partial charge in [-0.1, -0.05) is 38.7 Å². The highest BCUT2D eigenvalue weighted by molar-refractivity contribution is 7.85. The second kappa shape index (κ2) is 8.09. The fourth-order valence-corrected chi connectivity index (χ4v) is 4.97. The van der Waals surface area contributed by atoms with Crippen LogP contribution < -0.4 is 5.32 Å². The molecule has 0 aliphatic heterocycles. The summed E-state index contributed by atoms with van der Waals surface area (Å²) in [6.07, 6.45) is 7.33. The summed E-state index contributed by atoms with van der Waals surface area (Å²) in [6.45, 7) is 7.33. The van der Waals surface area contributed by atoms with Crippen LogP contribution >= 0.6 is 0 Å². The van der Waals surface area contributed by atoms with Gasteiger partial charge in [-0.05, 0) is 56.5 Å². The fourth-order valence-electron chi connectivity index (χ4n) is 3.22. The third-order valence-corrected chi connectivity index (χ3v) is 6.49. The molecule has 1 aliphatic rings. The Bertz CT molecular complexity index is 486. The molecule has 1 N–H and O–H groups in total. The van der Waals surface area contributed by atoms with Crippen molar-refractivity contribution >= 4 is 10.8 Å². The second-order valence-corrected chi connectivity index (χ2v) is 7.91. The molecule has 118 valence electrons. The predicted octanol–water partition coefficient (Wildman–Crippen LogP) is 4.11. The van der Waals surface area contributed by atoms with Gasteiger partial charge in [0.15, 0.2) is 0 Å². The maximum absolute atomic E-state index is 13.1. The molecule has 1 aromatic carbocycles. The van der Waals surface area contributed by atoms with Gasteiger partial charge in [0, 0.05) is 10.9 Å². The zero-order chi connectivity index (χ0) is 15.2. The van der Waals surface area contributed by atoms with E-state index in [4.69, 9.17) is 0 Å². The van der Waals surface area contributed by atoms with Crippen LogP contribution in [0.4, 0.5) is 0 Å². The van der Waals surface area contributed by atoms with Gasteiger partial charge in [-0.3, -0.25) is 4.21 Å². The van der Waals surface area contributed by atoms with Gasteiger partial charge in [-0.2, -0.15) is 0 Å². The summed E-state index contributed by atoms with van der Waals surface area (Å²) in [5.74, 6) is 0. The lowest BCUT2D eigenvalue weighted by atomic mass is 9.96. The average Bonchev–Trinajstić information content (AvgIpc) is 2.44. The van der Waals surface area contributed by atoms with Gasteiger partial charge in [0.25, 0.3) is 0 Å². The van der Waals surface area contributed by atoms with E-state index in [0.29, 0.717) is 6.04 Å². The van der Waals surface area contributed by atoms with Crippen molar-refractivity contribution in [2.45, 2.75) is 75.5 Å². The molecule has 3 unspecified atom stereocenters. The summed E-state index contributed by atoms with van der Waals surface area (Å²) >= 11 is 0. The van der Waals surface area contributed by atoms with Crippen LogP contribution in [0.2, 0.25) is 0 Å². The molecule has 2 nitrogen and oxygen atoms in total. The maximum Gasteiger partial charge on any atom is 0.0576 e. The van der Waals surface area contributed by atoms with E-state index in [2.05, 4.69) is 44.3 Å². The molecule has 2 rings (SSSR count). The van der Waals surface area contributed by atoms with E-state index in [-0.39, 0.29) is 5.25 Å². The van der Waals surface area contributed by atoms with E-state index in [1.807, 2.05) is 0 Å². The van der Waals surface area contributed by atoms with Crippen LogP contribution in [0.25, 0.3) is 0 Å². The molecule has 0 spiro atoms. The Balaban J connectivity index is 2.20. The molecule has 1 aromatic rings. The fraction of sp³-hybridized carbons (Fsp3) is 0.667. The number of hydrogen-bond acceptors (Lipinski definition) is 2. The van der Waals surface area contributed by atoms with Gasteiger partial charge in [0.1, 0.15) is 0 Å². The molecule has 0 radical (unpaired) electrons. The Morgan fingerprint density at radius 3 is 2.48 bits per heavy atom. The van der Waals surface area contributed by atoms with E-state index < -0.39 is 10.8 Å². The third kappa shape index (κ3) is 4.40. The minimum atomic E-state index is -0.901. The molecular weight excluding hydrogens is 278 g/mol. The first-order chi connectivity index (χ1) is 10.1. The largest absolute Gasteiger partial charge is 0.313 e. The van der Waals surface area contributed by atoms with Crippen LogP contribution in [0.15, 0.2) is 23.1 Å². The van der Waals surface area contributed by atoms with Crippen molar-refractivity contribution in [1.29, 1.82) is 0 Å². The lowest BCUT2D eigenvalue weighted by Crippen LogP contribution is -2.42. The smallest absolute Gasteiger partial charge is 0.0576 e. The molecule has 1 saturated carbocycles. The minimum absolute atomic E-state index is 0.257. The molecular formula is C18H29NOS. The lowest BCUT2D eigenvalue weighted by molar-refractivity contribution is 0.400. The zero-order valence-corrected chi connectivity index (χ0v) is 14.5. The van der Waals surface area contributed by atoms with Crippen molar-refractivity contribution in [3.63, 3.8) is 0 Å². The summed E-state index contributed by atoms with van der Waals surface area (Å²) in [5, 5.41) is 3.84. The van der Waals surface area contributed by atoms with Crippen molar-refractivity contribution in [1.82, 2.24) is 5.32 Å². The van der Waals surface area contributed by atoms with Crippen molar-refractivity contribution in [2.24, 2.45) is 0 Å². The monoisotopic (exact) mass is 307 g/mol. The highest BCUT2D eigenvalue weighted by Crippen LogP contribution is 2.26. The number of benzene rings is 1. The Labute approximate surface area is 132 Å². The van der Waals surface area contributed by atoms with Gasteiger partial charge >= 0.3 is 0 Å². The van der Waals surface area contributed by atoms with Gasteiger partial charge in [0.2, 0.25) is 0 Å². The van der Waals surface area contributed by atoms with E-state index in [1.54, 1.807) is 0 Å². The summed E-state index contributed by atoms with van der Waals surface area (Å²) in [7, 11) is -0.901. The summed E-state index contributed by atoms with van der Waals surface area (Å²) in [6, 6.07) is 6.68. The molecule has 0 aromatic heterocycles. The SMILES string of the molecule is CCNC1CCCCCCC1S(=O)c1ccc(C)c(C)c1. The summed E-state index contributed by atoms with van der Waals surface area (Å²) in [5.41, 5.74) is 2.52. The quantitative estimate of drug-likeness (QED) is 0.907. The predicted molar refractivity (Wildman–Crippen MR) is 91.3 cm³/mol. The number of hydrogen-bond donors (Lipinski definition) is 1. The molecule has 1 aliphatic carbocycles. The van der Waals surface area contributed by atoms with Crippen LogP contribution in [-0.4, -0.2) is 22.0 Å². The van der Waals surface area contributed by atoms with Crippen LogP contribution in [0.5, 0.6) is 0 Å². The molecule has 0 bridgehead atoms. The van der Waals surface area contributed by atoms with Crippen LogP contribution in [-0.2, 0) is 10.8 Å². The van der Waals surface area contributed by atoms with E-state index in [0.717, 1.165) is 24.3 Å². The maximum atomic E-state index is 13.1. The highest BCUT2D eigenvalue weighted by Gasteiger charge is 2.28. The Morgan fingerprint density at radius 1 is 1.10 bits per heavy atom. The number of rotatable bonds is 4. The third-order valence-electron chi connectivity index (χ3n) is 4.65. The lowest BCUT2D eigenvalue weighted by Gasteiger charge is -2.29. The molecule has 21 heavy (non-hydrogen) atoms.